The van der Waals surface area contributed by atoms with Gasteiger partial charge in [-0.05, 0) is 24.6 Å². The number of nitrogens with one attached hydrogen (secondary N) is 1. The van der Waals surface area contributed by atoms with E-state index in [0.717, 1.165) is 19.3 Å². The second kappa shape index (κ2) is 7.42. The zero-order chi connectivity index (χ0) is 17.8. The maximum atomic E-state index is 13.6. The van der Waals surface area contributed by atoms with Crippen LogP contribution in [0.25, 0.3) is 22.3 Å². The average molecular weight is 340 g/mol. The first-order valence-corrected chi connectivity index (χ1v) is 8.47. The van der Waals surface area contributed by atoms with Crippen molar-refractivity contribution in [3.63, 3.8) is 0 Å². The normalized spacial score (nSPS) is 11.0. The molecule has 0 saturated carbocycles. The highest BCUT2D eigenvalue weighted by Crippen LogP contribution is 2.25. The number of amides is 1. The molecule has 3 aromatic rings. The van der Waals surface area contributed by atoms with Crippen molar-refractivity contribution in [1.29, 1.82) is 0 Å². The summed E-state index contributed by atoms with van der Waals surface area (Å²) in [5.41, 5.74) is 2.28. The first-order valence-electron chi connectivity index (χ1n) is 8.47. The molecular formula is C19H21FN4O. The molecule has 2 heterocycles. The van der Waals surface area contributed by atoms with Crippen LogP contribution in [0.4, 0.5) is 4.39 Å². The molecule has 0 radical (unpaired) electrons. The van der Waals surface area contributed by atoms with E-state index in [1.54, 1.807) is 36.1 Å². The zero-order valence-corrected chi connectivity index (χ0v) is 14.4. The predicted molar refractivity (Wildman–Crippen MR) is 95.8 cm³/mol. The van der Waals surface area contributed by atoms with Crippen molar-refractivity contribution in [2.75, 3.05) is 6.54 Å². The molecule has 0 atom stereocenters. The van der Waals surface area contributed by atoms with Crippen molar-refractivity contribution in [2.24, 2.45) is 7.05 Å². The van der Waals surface area contributed by atoms with Crippen LogP contribution in [0.15, 0.2) is 36.5 Å². The molecule has 0 bridgehead atoms. The van der Waals surface area contributed by atoms with E-state index in [-0.39, 0.29) is 11.7 Å². The number of aryl methyl sites for hydroxylation is 1. The van der Waals surface area contributed by atoms with E-state index in [4.69, 9.17) is 0 Å². The molecule has 5 nitrogen and oxygen atoms in total. The van der Waals surface area contributed by atoms with Crippen LogP contribution in [0.5, 0.6) is 0 Å². The highest BCUT2D eigenvalue weighted by molar-refractivity contribution is 6.06. The molecule has 6 heteroatoms. The molecule has 25 heavy (non-hydrogen) atoms. The van der Waals surface area contributed by atoms with Gasteiger partial charge in [0.15, 0.2) is 5.65 Å². The lowest BCUT2D eigenvalue weighted by molar-refractivity contribution is 0.0954. The molecule has 0 spiro atoms. The Hall–Kier alpha value is -2.76. The number of hydrogen-bond acceptors (Lipinski definition) is 3. The van der Waals surface area contributed by atoms with Gasteiger partial charge in [-0.1, -0.05) is 31.9 Å². The van der Waals surface area contributed by atoms with Crippen molar-refractivity contribution < 1.29 is 9.18 Å². The van der Waals surface area contributed by atoms with Crippen LogP contribution in [0.3, 0.4) is 0 Å². The molecule has 0 saturated heterocycles. The number of unbranched alkanes of at least 4 members (excludes halogenated alkanes) is 2. The topological polar surface area (TPSA) is 59.8 Å². The molecule has 2 aromatic heterocycles. The summed E-state index contributed by atoms with van der Waals surface area (Å²) in [5.74, 6) is -0.496. The summed E-state index contributed by atoms with van der Waals surface area (Å²) in [7, 11) is 1.77. The van der Waals surface area contributed by atoms with Crippen LogP contribution in [0, 0.1) is 5.82 Å². The van der Waals surface area contributed by atoms with Crippen molar-refractivity contribution in [3.8, 4) is 11.3 Å². The molecule has 130 valence electrons. The molecule has 1 amide bonds. The minimum Gasteiger partial charge on any atom is -0.352 e. The maximum Gasteiger partial charge on any atom is 0.252 e. The highest BCUT2D eigenvalue weighted by atomic mass is 19.1. The lowest BCUT2D eigenvalue weighted by Gasteiger charge is -2.09. The number of pyridine rings is 1. The minimum atomic E-state index is -0.338. The third kappa shape index (κ3) is 3.68. The standard InChI is InChI=1S/C19H21FN4O/c1-3-4-5-9-21-19(25)15-11-17(13-7-6-8-14(20)10-13)23-18-16(15)12-22-24(18)2/h6-8,10-12H,3-5,9H2,1-2H3,(H,21,25). The lowest BCUT2D eigenvalue weighted by Crippen LogP contribution is -2.24. The van der Waals surface area contributed by atoms with Crippen molar-refractivity contribution >= 4 is 16.9 Å². The van der Waals surface area contributed by atoms with Crippen molar-refractivity contribution in [2.45, 2.75) is 26.2 Å². The van der Waals surface area contributed by atoms with Gasteiger partial charge in [0.05, 0.1) is 22.8 Å². The van der Waals surface area contributed by atoms with Gasteiger partial charge in [0.1, 0.15) is 5.82 Å². The smallest absolute Gasteiger partial charge is 0.252 e. The number of hydrogen-bond donors (Lipinski definition) is 1. The third-order valence-electron chi connectivity index (χ3n) is 4.14. The fraction of sp³-hybridized carbons (Fsp3) is 0.316. The number of benzene rings is 1. The van der Waals surface area contributed by atoms with Gasteiger partial charge in [0.2, 0.25) is 0 Å². The van der Waals surface area contributed by atoms with E-state index in [1.807, 2.05) is 0 Å². The predicted octanol–water partition coefficient (Wildman–Crippen LogP) is 3.69. The molecule has 1 N–H and O–H groups in total. The third-order valence-corrected chi connectivity index (χ3v) is 4.14. The van der Waals surface area contributed by atoms with Gasteiger partial charge >= 0.3 is 0 Å². The summed E-state index contributed by atoms with van der Waals surface area (Å²) >= 11 is 0. The van der Waals surface area contributed by atoms with E-state index in [2.05, 4.69) is 22.3 Å². The van der Waals surface area contributed by atoms with Gasteiger partial charge in [0, 0.05) is 19.2 Å². The number of rotatable bonds is 6. The van der Waals surface area contributed by atoms with Gasteiger partial charge in [-0.15, -0.1) is 0 Å². The molecular weight excluding hydrogens is 319 g/mol. The first-order chi connectivity index (χ1) is 12.1. The molecule has 3 rings (SSSR count). The molecule has 1 aromatic carbocycles. The molecule has 0 aliphatic heterocycles. The van der Waals surface area contributed by atoms with E-state index in [9.17, 15) is 9.18 Å². The maximum absolute atomic E-state index is 13.6. The number of carbonyl (C=O) groups is 1. The van der Waals surface area contributed by atoms with Crippen LogP contribution in [0.1, 0.15) is 36.5 Å². The van der Waals surface area contributed by atoms with Gasteiger partial charge < -0.3 is 5.32 Å². The van der Waals surface area contributed by atoms with Gasteiger partial charge in [-0.3, -0.25) is 9.48 Å². The van der Waals surface area contributed by atoms with E-state index in [0.29, 0.717) is 34.4 Å². The Labute approximate surface area is 145 Å². The van der Waals surface area contributed by atoms with Crippen molar-refractivity contribution in [3.05, 3.63) is 47.9 Å². The van der Waals surface area contributed by atoms with Crippen LogP contribution in [0.2, 0.25) is 0 Å². The van der Waals surface area contributed by atoms with Crippen LogP contribution in [-0.2, 0) is 7.05 Å². The quantitative estimate of drug-likeness (QED) is 0.696. The van der Waals surface area contributed by atoms with Gasteiger partial charge in [-0.25, -0.2) is 9.37 Å². The number of halogens is 1. The number of fused-ring (bicyclic) bond motifs is 1. The second-order valence-corrected chi connectivity index (χ2v) is 6.03. The van der Waals surface area contributed by atoms with Crippen LogP contribution >= 0.6 is 0 Å². The van der Waals surface area contributed by atoms with E-state index in [1.165, 1.54) is 12.1 Å². The molecule has 0 fully saturated rings. The Morgan fingerprint density at radius 2 is 2.12 bits per heavy atom. The van der Waals surface area contributed by atoms with Crippen LogP contribution in [-0.4, -0.2) is 27.2 Å². The molecule has 0 aliphatic carbocycles. The summed E-state index contributed by atoms with van der Waals surface area (Å²) < 4.78 is 15.2. The second-order valence-electron chi connectivity index (χ2n) is 6.03. The Bertz CT molecular complexity index is 904. The fourth-order valence-electron chi connectivity index (χ4n) is 2.77. The SMILES string of the molecule is CCCCCNC(=O)c1cc(-c2cccc(F)c2)nc2c1cnn2C. The molecule has 0 unspecified atom stereocenters. The summed E-state index contributed by atoms with van der Waals surface area (Å²) in [6, 6.07) is 7.90. The first kappa shape index (κ1) is 17.1. The summed E-state index contributed by atoms with van der Waals surface area (Å²) in [6.45, 7) is 2.75. The zero-order valence-electron chi connectivity index (χ0n) is 14.4. The monoisotopic (exact) mass is 340 g/mol. The summed E-state index contributed by atoms with van der Waals surface area (Å²) in [5, 5.41) is 7.84. The number of aromatic nitrogens is 3. The number of nitrogens with zero attached hydrogens (tertiary/aromatic N) is 3. The van der Waals surface area contributed by atoms with E-state index < -0.39 is 0 Å². The summed E-state index contributed by atoms with van der Waals surface area (Å²) in [4.78, 5) is 17.2. The minimum absolute atomic E-state index is 0.158. The average Bonchev–Trinajstić information content (AvgIpc) is 2.99. The Morgan fingerprint density at radius 3 is 2.88 bits per heavy atom. The van der Waals surface area contributed by atoms with Crippen molar-refractivity contribution in [1.82, 2.24) is 20.1 Å². The number of carbonyl (C=O) groups excluding carboxylic acids is 1. The molecule has 0 aliphatic rings. The lowest BCUT2D eigenvalue weighted by atomic mass is 10.1. The Balaban J connectivity index is 2.00. The van der Waals surface area contributed by atoms with Gasteiger partial charge in [-0.2, -0.15) is 5.10 Å². The Kier molecular flexibility index (Phi) is 5.07. The summed E-state index contributed by atoms with van der Waals surface area (Å²) in [6.07, 6.45) is 4.76. The van der Waals surface area contributed by atoms with Crippen LogP contribution < -0.4 is 5.32 Å². The fourth-order valence-corrected chi connectivity index (χ4v) is 2.77. The van der Waals surface area contributed by atoms with Gasteiger partial charge in [0.25, 0.3) is 5.91 Å². The highest BCUT2D eigenvalue weighted by Gasteiger charge is 2.16. The van der Waals surface area contributed by atoms with E-state index >= 15 is 0 Å². The largest absolute Gasteiger partial charge is 0.352 e. The Morgan fingerprint density at radius 1 is 1.28 bits per heavy atom.